The number of para-hydroxylation sites is 2. The van der Waals surface area contributed by atoms with E-state index in [0.717, 1.165) is 24.8 Å². The summed E-state index contributed by atoms with van der Waals surface area (Å²) in [5.74, 6) is 1.70. The van der Waals surface area contributed by atoms with Gasteiger partial charge in [0.1, 0.15) is 5.75 Å². The summed E-state index contributed by atoms with van der Waals surface area (Å²) in [7, 11) is 3.77. The van der Waals surface area contributed by atoms with Gasteiger partial charge in [0, 0.05) is 12.6 Å². The van der Waals surface area contributed by atoms with Crippen LogP contribution in [0.15, 0.2) is 24.3 Å². The van der Waals surface area contributed by atoms with Gasteiger partial charge in [-0.05, 0) is 45.0 Å². The van der Waals surface area contributed by atoms with Crippen LogP contribution in [-0.2, 0) is 0 Å². The van der Waals surface area contributed by atoms with Crippen LogP contribution < -0.4 is 15.0 Å². The molecule has 1 aliphatic rings. The van der Waals surface area contributed by atoms with Crippen molar-refractivity contribution in [1.29, 1.82) is 0 Å². The second-order valence-corrected chi connectivity index (χ2v) is 4.71. The zero-order chi connectivity index (χ0) is 12.3. The van der Waals surface area contributed by atoms with Crippen LogP contribution in [0.1, 0.15) is 13.3 Å². The van der Waals surface area contributed by atoms with Gasteiger partial charge in [0.25, 0.3) is 0 Å². The second-order valence-electron chi connectivity index (χ2n) is 4.71. The maximum Gasteiger partial charge on any atom is 0.142 e. The van der Waals surface area contributed by atoms with Gasteiger partial charge >= 0.3 is 0 Å². The molecule has 0 amide bonds. The molecule has 94 valence electrons. The molecule has 0 spiro atoms. The number of hydrogen-bond acceptors (Lipinski definition) is 3. The van der Waals surface area contributed by atoms with E-state index in [2.05, 4.69) is 29.3 Å². The third-order valence-corrected chi connectivity index (χ3v) is 3.78. The summed E-state index contributed by atoms with van der Waals surface area (Å²) >= 11 is 0. The van der Waals surface area contributed by atoms with Gasteiger partial charge in [-0.15, -0.1) is 0 Å². The highest BCUT2D eigenvalue weighted by Crippen LogP contribution is 2.35. The van der Waals surface area contributed by atoms with Crippen molar-refractivity contribution in [2.24, 2.45) is 5.92 Å². The van der Waals surface area contributed by atoms with E-state index in [9.17, 15) is 0 Å². The van der Waals surface area contributed by atoms with Gasteiger partial charge in [0.05, 0.1) is 12.8 Å². The van der Waals surface area contributed by atoms with E-state index < -0.39 is 0 Å². The van der Waals surface area contributed by atoms with Crippen molar-refractivity contribution >= 4 is 5.69 Å². The second kappa shape index (κ2) is 5.41. The first-order valence-corrected chi connectivity index (χ1v) is 6.32. The van der Waals surface area contributed by atoms with Crippen LogP contribution in [0, 0.1) is 5.92 Å². The van der Waals surface area contributed by atoms with Crippen molar-refractivity contribution in [3.05, 3.63) is 24.3 Å². The smallest absolute Gasteiger partial charge is 0.142 e. The zero-order valence-corrected chi connectivity index (χ0v) is 10.9. The van der Waals surface area contributed by atoms with E-state index in [-0.39, 0.29) is 0 Å². The highest BCUT2D eigenvalue weighted by molar-refractivity contribution is 5.59. The van der Waals surface area contributed by atoms with E-state index in [1.807, 2.05) is 19.2 Å². The Kier molecular flexibility index (Phi) is 3.89. The summed E-state index contributed by atoms with van der Waals surface area (Å²) in [5, 5.41) is 3.28. The number of methoxy groups -OCH3 is 1. The number of ether oxygens (including phenoxy) is 1. The minimum Gasteiger partial charge on any atom is -0.495 e. The van der Waals surface area contributed by atoms with Crippen molar-refractivity contribution in [2.45, 2.75) is 19.4 Å². The number of nitrogens with zero attached hydrogens (tertiary/aromatic N) is 1. The molecule has 1 saturated heterocycles. The van der Waals surface area contributed by atoms with Gasteiger partial charge in [0.2, 0.25) is 0 Å². The lowest BCUT2D eigenvalue weighted by molar-refractivity contribution is 0.412. The molecular weight excluding hydrogens is 212 g/mol. The molecule has 1 fully saturated rings. The minimum atomic E-state index is 0.568. The first-order valence-electron chi connectivity index (χ1n) is 6.32. The molecule has 2 rings (SSSR count). The summed E-state index contributed by atoms with van der Waals surface area (Å²) < 4.78 is 5.44. The largest absolute Gasteiger partial charge is 0.495 e. The molecule has 0 aliphatic carbocycles. The zero-order valence-electron chi connectivity index (χ0n) is 10.9. The molecule has 3 heteroatoms. The number of hydrogen-bond donors (Lipinski definition) is 1. The molecule has 0 saturated carbocycles. The molecule has 1 aromatic carbocycles. The van der Waals surface area contributed by atoms with E-state index in [0.29, 0.717) is 6.04 Å². The molecule has 2 unspecified atom stereocenters. The maximum atomic E-state index is 5.44. The van der Waals surface area contributed by atoms with E-state index in [4.69, 9.17) is 4.74 Å². The lowest BCUT2D eigenvalue weighted by Crippen LogP contribution is -2.33. The number of nitrogens with one attached hydrogen (secondary N) is 1. The highest BCUT2D eigenvalue weighted by atomic mass is 16.5. The Morgan fingerprint density at radius 1 is 1.41 bits per heavy atom. The normalized spacial score (nSPS) is 24.1. The molecule has 2 atom stereocenters. The average Bonchev–Trinajstić information content (AvgIpc) is 2.72. The summed E-state index contributed by atoms with van der Waals surface area (Å²) in [4.78, 5) is 2.46. The predicted molar refractivity (Wildman–Crippen MR) is 71.8 cm³/mol. The van der Waals surface area contributed by atoms with Crippen LogP contribution in [0.4, 0.5) is 5.69 Å². The molecule has 3 nitrogen and oxygen atoms in total. The Morgan fingerprint density at radius 3 is 2.88 bits per heavy atom. The molecule has 0 aromatic heterocycles. The monoisotopic (exact) mass is 234 g/mol. The fraction of sp³-hybridized carbons (Fsp3) is 0.571. The Labute approximate surface area is 104 Å². The van der Waals surface area contributed by atoms with Gasteiger partial charge in [-0.3, -0.25) is 0 Å². The SMILES string of the molecule is CNCC1CCN(c2ccccc2OC)C1C. The molecular formula is C14H22N2O. The Hall–Kier alpha value is -1.22. The summed E-state index contributed by atoms with van der Waals surface area (Å²) in [6.07, 6.45) is 1.25. The molecule has 17 heavy (non-hydrogen) atoms. The van der Waals surface area contributed by atoms with Crippen LogP contribution in [0.5, 0.6) is 5.75 Å². The molecule has 0 radical (unpaired) electrons. The summed E-state index contributed by atoms with van der Waals surface area (Å²) in [6.45, 7) is 4.52. The predicted octanol–water partition coefficient (Wildman–Crippen LogP) is 2.13. The minimum absolute atomic E-state index is 0.568. The average molecular weight is 234 g/mol. The fourth-order valence-electron chi connectivity index (χ4n) is 2.75. The molecule has 1 N–H and O–H groups in total. The number of anilines is 1. The highest BCUT2D eigenvalue weighted by Gasteiger charge is 2.31. The Balaban J connectivity index is 2.18. The van der Waals surface area contributed by atoms with Crippen LogP contribution in [-0.4, -0.2) is 33.3 Å². The van der Waals surface area contributed by atoms with Crippen LogP contribution in [0.25, 0.3) is 0 Å². The third-order valence-electron chi connectivity index (χ3n) is 3.78. The molecule has 1 heterocycles. The van der Waals surface area contributed by atoms with Gasteiger partial charge in [-0.1, -0.05) is 12.1 Å². The van der Waals surface area contributed by atoms with Gasteiger partial charge < -0.3 is 15.0 Å². The molecule has 0 bridgehead atoms. The van der Waals surface area contributed by atoms with Crippen molar-refractivity contribution in [1.82, 2.24) is 5.32 Å². The lowest BCUT2D eigenvalue weighted by atomic mass is 10.0. The van der Waals surface area contributed by atoms with Crippen molar-refractivity contribution in [2.75, 3.05) is 32.1 Å². The fourth-order valence-corrected chi connectivity index (χ4v) is 2.75. The first kappa shape index (κ1) is 12.2. The van der Waals surface area contributed by atoms with Gasteiger partial charge in [-0.2, -0.15) is 0 Å². The quantitative estimate of drug-likeness (QED) is 0.863. The number of rotatable bonds is 4. The van der Waals surface area contributed by atoms with Crippen LogP contribution in [0.3, 0.4) is 0 Å². The lowest BCUT2D eigenvalue weighted by Gasteiger charge is -2.28. The summed E-state index contributed by atoms with van der Waals surface area (Å²) in [6, 6.07) is 8.85. The summed E-state index contributed by atoms with van der Waals surface area (Å²) in [5.41, 5.74) is 1.22. The van der Waals surface area contributed by atoms with Crippen molar-refractivity contribution in [3.63, 3.8) is 0 Å². The van der Waals surface area contributed by atoms with Crippen molar-refractivity contribution in [3.8, 4) is 5.75 Å². The van der Waals surface area contributed by atoms with Crippen LogP contribution in [0.2, 0.25) is 0 Å². The topological polar surface area (TPSA) is 24.5 Å². The van der Waals surface area contributed by atoms with E-state index >= 15 is 0 Å². The maximum absolute atomic E-state index is 5.44. The Morgan fingerprint density at radius 2 is 2.18 bits per heavy atom. The van der Waals surface area contributed by atoms with Crippen LogP contribution >= 0.6 is 0 Å². The first-order chi connectivity index (χ1) is 8.27. The molecule has 1 aromatic rings. The third kappa shape index (κ3) is 2.39. The van der Waals surface area contributed by atoms with E-state index in [1.165, 1.54) is 12.1 Å². The molecule has 1 aliphatic heterocycles. The van der Waals surface area contributed by atoms with Gasteiger partial charge in [-0.25, -0.2) is 0 Å². The van der Waals surface area contributed by atoms with Crippen molar-refractivity contribution < 1.29 is 4.74 Å². The Bertz CT molecular complexity index is 367. The standard InChI is InChI=1S/C14H22N2O/c1-11-12(10-15-2)8-9-16(11)13-6-4-5-7-14(13)17-3/h4-7,11-12,15H,8-10H2,1-3H3. The number of benzene rings is 1. The van der Waals surface area contributed by atoms with Gasteiger partial charge in [0.15, 0.2) is 0 Å². The van der Waals surface area contributed by atoms with E-state index in [1.54, 1.807) is 7.11 Å².